The molecule has 0 spiro atoms. The van der Waals surface area contributed by atoms with Crippen LogP contribution in [-0.4, -0.2) is 36.4 Å². The molecule has 0 bridgehead atoms. The molecule has 0 fully saturated rings. The molecule has 5 heteroatoms. The number of allylic oxidation sites excluding steroid dienone is 18. The summed E-state index contributed by atoms with van der Waals surface area (Å²) in [6.45, 7) is 4.03. The molecule has 0 saturated heterocycles. The third kappa shape index (κ3) is 69.1. The van der Waals surface area contributed by atoms with E-state index in [9.17, 15) is 14.7 Å². The lowest BCUT2D eigenvalue weighted by Gasteiger charge is -2.15. The van der Waals surface area contributed by atoms with E-state index in [1.165, 1.54) is 212 Å². The summed E-state index contributed by atoms with van der Waals surface area (Å²) in [7, 11) is 0. The zero-order valence-corrected chi connectivity index (χ0v) is 54.2. The van der Waals surface area contributed by atoms with Crippen molar-refractivity contribution in [3.8, 4) is 0 Å². The van der Waals surface area contributed by atoms with Crippen LogP contribution >= 0.6 is 0 Å². The molecule has 0 amide bonds. The van der Waals surface area contributed by atoms with Crippen LogP contribution in [-0.2, 0) is 19.1 Å². The highest BCUT2D eigenvalue weighted by Gasteiger charge is 2.16. The molecule has 1 atom stereocenters. The van der Waals surface area contributed by atoms with Gasteiger partial charge in [-0.2, -0.15) is 0 Å². The molecule has 472 valence electrons. The molecule has 5 nitrogen and oxygen atoms in total. The predicted molar refractivity (Wildman–Crippen MR) is 362 cm³/mol. The predicted octanol–water partition coefficient (Wildman–Crippen LogP) is 24.8. The second-order valence-electron chi connectivity index (χ2n) is 23.6. The molecule has 0 rings (SSSR count). The van der Waals surface area contributed by atoms with Crippen molar-refractivity contribution in [1.29, 1.82) is 0 Å². The Labute approximate surface area is 510 Å². The molecule has 0 aliphatic heterocycles. The Hall–Kier alpha value is -3.44. The number of hydrogen-bond acceptors (Lipinski definition) is 5. The van der Waals surface area contributed by atoms with Gasteiger partial charge >= 0.3 is 11.9 Å². The van der Waals surface area contributed by atoms with Crippen molar-refractivity contribution in [2.75, 3.05) is 13.2 Å². The number of rotatable bonds is 65. The molecule has 0 aromatic rings. The van der Waals surface area contributed by atoms with Crippen molar-refractivity contribution in [2.45, 2.75) is 354 Å². The van der Waals surface area contributed by atoms with Crippen LogP contribution < -0.4 is 0 Å². The van der Waals surface area contributed by atoms with Crippen molar-refractivity contribution in [2.24, 2.45) is 0 Å². The Bertz CT molecular complexity index is 1570. The zero-order valence-electron chi connectivity index (χ0n) is 54.2. The molecule has 0 heterocycles. The first kappa shape index (κ1) is 78.6. The van der Waals surface area contributed by atoms with Crippen molar-refractivity contribution in [1.82, 2.24) is 0 Å². The van der Waals surface area contributed by atoms with Gasteiger partial charge in [0, 0.05) is 12.8 Å². The van der Waals surface area contributed by atoms with E-state index in [0.717, 1.165) is 109 Å². The lowest BCUT2D eigenvalue weighted by atomic mass is 10.0. The van der Waals surface area contributed by atoms with Crippen LogP contribution in [0.1, 0.15) is 348 Å². The highest BCUT2D eigenvalue weighted by atomic mass is 16.6. The highest BCUT2D eigenvalue weighted by Crippen LogP contribution is 2.18. The van der Waals surface area contributed by atoms with E-state index >= 15 is 0 Å². The molecule has 1 unspecified atom stereocenters. The Morgan fingerprint density at radius 3 is 0.793 bits per heavy atom. The second kappa shape index (κ2) is 71.8. The number of carbonyl (C=O) groups excluding carboxylic acids is 2. The van der Waals surface area contributed by atoms with E-state index in [1.54, 1.807) is 0 Å². The molecular formula is C77H134O5. The number of aliphatic hydroxyl groups is 1. The fourth-order valence-corrected chi connectivity index (χ4v) is 10.3. The first-order chi connectivity index (χ1) is 40.6. The normalized spacial score (nSPS) is 12.9. The van der Waals surface area contributed by atoms with Crippen LogP contribution in [0.3, 0.4) is 0 Å². The summed E-state index contributed by atoms with van der Waals surface area (Å²) in [4.78, 5) is 24.6. The highest BCUT2D eigenvalue weighted by molar-refractivity contribution is 5.70. The SMILES string of the molecule is CC/C=C\C/C=C\C/C=C\C/C=C\C/C=C\C/C=C\C/C=C\CCCCCCCC(=O)OC(CO)COC(=O)CCCCCCCCCCCCCCCCCCCCCCCCCCCCCCC/C=C\C/C=C\CCCCCCC. The zero-order chi connectivity index (χ0) is 59.1. The van der Waals surface area contributed by atoms with E-state index in [0.29, 0.717) is 12.8 Å². The minimum absolute atomic E-state index is 0.0764. The lowest BCUT2D eigenvalue weighted by Crippen LogP contribution is -2.28. The summed E-state index contributed by atoms with van der Waals surface area (Å²) in [5, 5.41) is 9.69. The maximum absolute atomic E-state index is 12.3. The smallest absolute Gasteiger partial charge is 0.306 e. The van der Waals surface area contributed by atoms with Crippen molar-refractivity contribution >= 4 is 11.9 Å². The largest absolute Gasteiger partial charge is 0.462 e. The summed E-state index contributed by atoms with van der Waals surface area (Å²) < 4.78 is 10.7. The summed E-state index contributed by atoms with van der Waals surface area (Å²) in [6.07, 6.45) is 104. The molecule has 0 aliphatic carbocycles. The summed E-state index contributed by atoms with van der Waals surface area (Å²) >= 11 is 0. The average Bonchev–Trinajstić information content (AvgIpc) is 3.49. The van der Waals surface area contributed by atoms with Gasteiger partial charge in [0.2, 0.25) is 0 Å². The van der Waals surface area contributed by atoms with Crippen LogP contribution in [0, 0.1) is 0 Å². The van der Waals surface area contributed by atoms with E-state index in [4.69, 9.17) is 9.47 Å². The standard InChI is InChI=1S/C77H134O5/c1-3-5-7-9-11-13-15-17-19-21-23-25-27-29-31-32-33-34-35-36-37-38-39-40-41-42-43-44-46-47-49-51-53-55-57-59-61-63-65-67-69-71-76(79)81-74-75(73-78)82-77(80)72-70-68-66-64-62-60-58-56-54-52-50-48-45-30-28-26-24-22-20-18-16-14-12-10-8-6-4-2/h6,8,12,14-15,17-18,20-21,23-24,26,30,45,50,52,56,58,75,78H,3-5,7,9-11,13,16,19,22,25,27-29,31-44,46-49,51,53-55,57,59-74H2,1-2H3/b8-6-,14-12-,17-15-,20-18-,23-21-,26-24-,45-30-,52-50-,58-56-. The van der Waals surface area contributed by atoms with E-state index in [1.807, 2.05) is 0 Å². The number of carbonyl (C=O) groups is 2. The van der Waals surface area contributed by atoms with Gasteiger partial charge < -0.3 is 14.6 Å². The first-order valence-electron chi connectivity index (χ1n) is 35.4. The molecule has 0 aliphatic rings. The fraction of sp³-hybridized carbons (Fsp3) is 0.740. The van der Waals surface area contributed by atoms with E-state index in [-0.39, 0.29) is 25.2 Å². The van der Waals surface area contributed by atoms with Crippen LogP contribution in [0.5, 0.6) is 0 Å². The molecule has 0 aromatic heterocycles. The van der Waals surface area contributed by atoms with Crippen molar-refractivity contribution in [3.05, 3.63) is 109 Å². The third-order valence-electron chi connectivity index (χ3n) is 15.6. The average molecular weight is 1140 g/mol. The number of aliphatic hydroxyl groups excluding tert-OH is 1. The summed E-state index contributed by atoms with van der Waals surface area (Å²) in [6, 6.07) is 0. The Morgan fingerprint density at radius 2 is 0.524 bits per heavy atom. The van der Waals surface area contributed by atoms with Gasteiger partial charge in [-0.1, -0.05) is 342 Å². The van der Waals surface area contributed by atoms with Crippen LogP contribution in [0.4, 0.5) is 0 Å². The molecule has 0 aromatic carbocycles. The van der Waals surface area contributed by atoms with Gasteiger partial charge in [-0.05, 0) is 103 Å². The molecule has 0 saturated carbocycles. The van der Waals surface area contributed by atoms with E-state index < -0.39 is 6.10 Å². The van der Waals surface area contributed by atoms with Gasteiger partial charge in [0.25, 0.3) is 0 Å². The number of unbranched alkanes of at least 4 members (excludes halogenated alkanes) is 39. The quantitative estimate of drug-likeness (QED) is 0.0373. The molecule has 1 N–H and O–H groups in total. The van der Waals surface area contributed by atoms with Gasteiger partial charge in [-0.25, -0.2) is 0 Å². The topological polar surface area (TPSA) is 72.8 Å². The van der Waals surface area contributed by atoms with Gasteiger partial charge in [-0.3, -0.25) is 9.59 Å². The molecule has 0 radical (unpaired) electrons. The minimum Gasteiger partial charge on any atom is -0.462 e. The van der Waals surface area contributed by atoms with Crippen LogP contribution in [0.25, 0.3) is 0 Å². The fourth-order valence-electron chi connectivity index (χ4n) is 10.3. The van der Waals surface area contributed by atoms with Crippen molar-refractivity contribution < 1.29 is 24.2 Å². The van der Waals surface area contributed by atoms with Crippen LogP contribution in [0.2, 0.25) is 0 Å². The maximum Gasteiger partial charge on any atom is 0.306 e. The molecule has 82 heavy (non-hydrogen) atoms. The third-order valence-corrected chi connectivity index (χ3v) is 15.6. The molecular weight excluding hydrogens is 1000 g/mol. The van der Waals surface area contributed by atoms with Gasteiger partial charge in [0.15, 0.2) is 6.10 Å². The Kier molecular flexibility index (Phi) is 68.8. The Morgan fingerprint density at radius 1 is 0.293 bits per heavy atom. The number of ether oxygens (including phenoxy) is 2. The van der Waals surface area contributed by atoms with Crippen molar-refractivity contribution in [3.63, 3.8) is 0 Å². The minimum atomic E-state index is -0.790. The monoisotopic (exact) mass is 1140 g/mol. The van der Waals surface area contributed by atoms with Gasteiger partial charge in [0.05, 0.1) is 6.61 Å². The summed E-state index contributed by atoms with van der Waals surface area (Å²) in [5.74, 6) is -0.605. The van der Waals surface area contributed by atoms with Crippen LogP contribution in [0.15, 0.2) is 109 Å². The number of hydrogen-bond donors (Lipinski definition) is 1. The van der Waals surface area contributed by atoms with Gasteiger partial charge in [-0.15, -0.1) is 0 Å². The Balaban J connectivity index is 3.45. The van der Waals surface area contributed by atoms with Gasteiger partial charge in [0.1, 0.15) is 6.61 Å². The number of esters is 2. The first-order valence-corrected chi connectivity index (χ1v) is 35.4. The van der Waals surface area contributed by atoms with E-state index in [2.05, 4.69) is 123 Å². The summed E-state index contributed by atoms with van der Waals surface area (Å²) in [5.41, 5.74) is 0. The maximum atomic E-state index is 12.3. The second-order valence-corrected chi connectivity index (χ2v) is 23.6. The lowest BCUT2D eigenvalue weighted by molar-refractivity contribution is -0.161.